The number of nitrogens with zero attached hydrogens (tertiary/aromatic N) is 3. The molecule has 0 fully saturated rings. The van der Waals surface area contributed by atoms with Gasteiger partial charge in [0.15, 0.2) is 5.82 Å². The monoisotopic (exact) mass is 431 g/mol. The lowest BCUT2D eigenvalue weighted by Crippen LogP contribution is -2.00. The van der Waals surface area contributed by atoms with E-state index >= 15 is 0 Å². The lowest BCUT2D eigenvalue weighted by molar-refractivity contribution is 1.14. The molecule has 6 rings (SSSR count). The molecule has 0 N–H and O–H groups in total. The third-order valence-corrected chi connectivity index (χ3v) is 5.92. The van der Waals surface area contributed by atoms with Crippen molar-refractivity contribution in [1.29, 1.82) is 0 Å². The fraction of sp³-hybridized carbons (Fsp3) is 0. The SMILES string of the molecule is Clc1cc(-c2ccccc2)nc(-c2ccccc2-n2c3ccccc3c3ccccc32)n1. The Morgan fingerprint density at radius 2 is 1.19 bits per heavy atom. The lowest BCUT2D eigenvalue weighted by Gasteiger charge is -2.14. The average molecular weight is 432 g/mol. The summed E-state index contributed by atoms with van der Waals surface area (Å²) in [7, 11) is 0. The Morgan fingerprint density at radius 3 is 1.91 bits per heavy atom. The van der Waals surface area contributed by atoms with Crippen molar-refractivity contribution in [3.63, 3.8) is 0 Å². The van der Waals surface area contributed by atoms with Crippen LogP contribution in [0.5, 0.6) is 0 Å². The minimum atomic E-state index is 0.422. The molecule has 0 aliphatic rings. The van der Waals surface area contributed by atoms with Crippen LogP contribution < -0.4 is 0 Å². The molecule has 0 atom stereocenters. The first kappa shape index (κ1) is 18.8. The first-order valence-electron chi connectivity index (χ1n) is 10.5. The van der Waals surface area contributed by atoms with Crippen LogP contribution in [0.3, 0.4) is 0 Å². The molecule has 0 saturated heterocycles. The van der Waals surface area contributed by atoms with E-state index in [0.29, 0.717) is 11.0 Å². The second-order valence-electron chi connectivity index (χ2n) is 7.65. The van der Waals surface area contributed by atoms with Crippen molar-refractivity contribution >= 4 is 33.4 Å². The van der Waals surface area contributed by atoms with Crippen molar-refractivity contribution in [2.75, 3.05) is 0 Å². The van der Waals surface area contributed by atoms with Gasteiger partial charge >= 0.3 is 0 Å². The predicted molar refractivity (Wildman–Crippen MR) is 132 cm³/mol. The number of hydrogen-bond acceptors (Lipinski definition) is 2. The number of halogens is 1. The van der Waals surface area contributed by atoms with Crippen molar-refractivity contribution in [3.8, 4) is 28.3 Å². The third kappa shape index (κ3) is 3.06. The summed E-state index contributed by atoms with van der Waals surface area (Å²) in [6.07, 6.45) is 0. The summed E-state index contributed by atoms with van der Waals surface area (Å²) in [6, 6.07) is 37.0. The molecule has 4 aromatic carbocycles. The van der Waals surface area contributed by atoms with Crippen LogP contribution in [0.4, 0.5) is 0 Å². The summed E-state index contributed by atoms with van der Waals surface area (Å²) in [5, 5.41) is 2.86. The first-order valence-corrected chi connectivity index (χ1v) is 10.9. The molecular formula is C28H18ClN3. The van der Waals surface area contributed by atoms with Gasteiger partial charge in [-0.2, -0.15) is 0 Å². The van der Waals surface area contributed by atoms with Crippen LogP contribution in [0, 0.1) is 0 Å². The molecule has 4 heteroatoms. The van der Waals surface area contributed by atoms with E-state index in [0.717, 1.165) is 33.5 Å². The van der Waals surface area contributed by atoms with E-state index in [1.165, 1.54) is 10.8 Å². The van der Waals surface area contributed by atoms with E-state index in [-0.39, 0.29) is 0 Å². The maximum atomic E-state index is 6.46. The number of rotatable bonds is 3. The highest BCUT2D eigenvalue weighted by Crippen LogP contribution is 2.35. The van der Waals surface area contributed by atoms with Gasteiger partial charge in [0.25, 0.3) is 0 Å². The standard InChI is InChI=1S/C28H18ClN3/c29-27-18-23(19-10-2-1-3-11-19)30-28(31-27)22-14-6-9-17-26(22)32-24-15-7-4-12-20(24)21-13-5-8-16-25(21)32/h1-18H. The minimum Gasteiger partial charge on any atom is -0.309 e. The Labute approximate surface area is 190 Å². The van der Waals surface area contributed by atoms with Crippen molar-refractivity contribution in [1.82, 2.24) is 14.5 Å². The molecule has 0 aliphatic carbocycles. The molecule has 0 unspecified atom stereocenters. The molecule has 2 aromatic heterocycles. The van der Waals surface area contributed by atoms with E-state index < -0.39 is 0 Å². The van der Waals surface area contributed by atoms with E-state index in [1.807, 2.05) is 48.5 Å². The number of fused-ring (bicyclic) bond motifs is 3. The highest BCUT2D eigenvalue weighted by atomic mass is 35.5. The van der Waals surface area contributed by atoms with E-state index in [1.54, 1.807) is 0 Å². The second kappa shape index (κ2) is 7.63. The van der Waals surface area contributed by atoms with Gasteiger partial charge in [-0.1, -0.05) is 90.5 Å². The minimum absolute atomic E-state index is 0.422. The Morgan fingerprint density at radius 1 is 0.594 bits per heavy atom. The zero-order valence-electron chi connectivity index (χ0n) is 17.1. The molecule has 0 aliphatic heterocycles. The van der Waals surface area contributed by atoms with Crippen LogP contribution in [-0.4, -0.2) is 14.5 Å². The van der Waals surface area contributed by atoms with Gasteiger partial charge in [0.05, 0.1) is 22.4 Å². The summed E-state index contributed by atoms with van der Waals surface area (Å²) in [4.78, 5) is 9.50. The molecule has 0 spiro atoms. The van der Waals surface area contributed by atoms with Crippen molar-refractivity contribution < 1.29 is 0 Å². The predicted octanol–water partition coefficient (Wildman–Crippen LogP) is 7.56. The highest BCUT2D eigenvalue weighted by molar-refractivity contribution is 6.29. The molecule has 6 aromatic rings. The second-order valence-corrected chi connectivity index (χ2v) is 8.04. The van der Waals surface area contributed by atoms with E-state index in [9.17, 15) is 0 Å². The third-order valence-electron chi connectivity index (χ3n) is 5.73. The van der Waals surface area contributed by atoms with Gasteiger partial charge in [-0.15, -0.1) is 0 Å². The van der Waals surface area contributed by atoms with Crippen LogP contribution in [0.2, 0.25) is 5.15 Å². The lowest BCUT2D eigenvalue weighted by atomic mass is 10.1. The van der Waals surface area contributed by atoms with Gasteiger partial charge in [-0.05, 0) is 24.3 Å². The van der Waals surface area contributed by atoms with Gasteiger partial charge in [-0.25, -0.2) is 9.97 Å². The fourth-order valence-electron chi connectivity index (χ4n) is 4.33. The molecular weight excluding hydrogens is 414 g/mol. The van der Waals surface area contributed by atoms with Crippen LogP contribution in [0.25, 0.3) is 50.1 Å². The largest absolute Gasteiger partial charge is 0.309 e. The summed E-state index contributed by atoms with van der Waals surface area (Å²) in [5.74, 6) is 0.605. The number of benzene rings is 4. The molecule has 0 saturated carbocycles. The Balaban J connectivity index is 1.64. The Kier molecular flexibility index (Phi) is 4.48. The molecule has 0 amide bonds. The molecule has 2 heterocycles. The quantitative estimate of drug-likeness (QED) is 0.270. The van der Waals surface area contributed by atoms with Crippen LogP contribution >= 0.6 is 11.6 Å². The van der Waals surface area contributed by atoms with Crippen LogP contribution in [0.1, 0.15) is 0 Å². The molecule has 0 radical (unpaired) electrons. The van der Waals surface area contributed by atoms with Gasteiger partial charge in [0.2, 0.25) is 0 Å². The number of para-hydroxylation sites is 3. The van der Waals surface area contributed by atoms with E-state index in [4.69, 9.17) is 16.6 Å². The molecule has 152 valence electrons. The normalized spacial score (nSPS) is 11.3. The summed E-state index contributed by atoms with van der Waals surface area (Å²) in [6.45, 7) is 0. The zero-order chi connectivity index (χ0) is 21.5. The van der Waals surface area contributed by atoms with Crippen LogP contribution in [0.15, 0.2) is 109 Å². The fourth-order valence-corrected chi connectivity index (χ4v) is 4.52. The van der Waals surface area contributed by atoms with Crippen molar-refractivity contribution in [3.05, 3.63) is 114 Å². The topological polar surface area (TPSA) is 30.7 Å². The first-order chi connectivity index (χ1) is 15.8. The van der Waals surface area contributed by atoms with Gasteiger partial charge < -0.3 is 4.57 Å². The number of hydrogen-bond donors (Lipinski definition) is 0. The zero-order valence-corrected chi connectivity index (χ0v) is 17.9. The number of aromatic nitrogens is 3. The van der Waals surface area contributed by atoms with Gasteiger partial charge in [0.1, 0.15) is 5.15 Å². The molecule has 3 nitrogen and oxygen atoms in total. The van der Waals surface area contributed by atoms with Crippen molar-refractivity contribution in [2.24, 2.45) is 0 Å². The Hall–Kier alpha value is -3.95. The average Bonchev–Trinajstić information content (AvgIpc) is 3.19. The van der Waals surface area contributed by atoms with Crippen molar-refractivity contribution in [2.45, 2.75) is 0 Å². The maximum Gasteiger partial charge on any atom is 0.163 e. The maximum absolute atomic E-state index is 6.46. The molecule has 0 bridgehead atoms. The van der Waals surface area contributed by atoms with E-state index in [2.05, 4.69) is 70.2 Å². The smallest absolute Gasteiger partial charge is 0.163 e. The Bertz CT molecular complexity index is 1530. The molecule has 32 heavy (non-hydrogen) atoms. The summed E-state index contributed by atoms with van der Waals surface area (Å²) >= 11 is 6.46. The summed E-state index contributed by atoms with van der Waals surface area (Å²) in [5.41, 5.74) is 6.05. The summed E-state index contributed by atoms with van der Waals surface area (Å²) < 4.78 is 2.28. The van der Waals surface area contributed by atoms with Gasteiger partial charge in [0, 0.05) is 28.0 Å². The van der Waals surface area contributed by atoms with Crippen LogP contribution in [-0.2, 0) is 0 Å². The van der Waals surface area contributed by atoms with Gasteiger partial charge in [-0.3, -0.25) is 0 Å². The highest BCUT2D eigenvalue weighted by Gasteiger charge is 2.17.